The summed E-state index contributed by atoms with van der Waals surface area (Å²) in [6.45, 7) is 3.68. The molecule has 1 aromatic heterocycles. The molecule has 0 bridgehead atoms. The number of hydrogen-bond acceptors (Lipinski definition) is 4. The van der Waals surface area contributed by atoms with Crippen LogP contribution in [0, 0.1) is 13.8 Å². The van der Waals surface area contributed by atoms with E-state index in [0.29, 0.717) is 21.2 Å². The van der Waals surface area contributed by atoms with Crippen LogP contribution in [-0.4, -0.2) is 5.97 Å². The Hall–Kier alpha value is -1.92. The van der Waals surface area contributed by atoms with Crippen molar-refractivity contribution in [2.75, 3.05) is 0 Å². The molecule has 0 aliphatic rings. The number of halogens is 2. The standard InChI is InChI=1S/C18H12Br2O4/c1-9-4-3-5-10(2)15(9)23-17(21)13-7-11-6-12(19)8-14(20)16(11)24-18(13)22/h3-8H,1-2H3. The lowest BCUT2D eigenvalue weighted by Crippen LogP contribution is -2.19. The molecule has 1 heterocycles. The minimum atomic E-state index is -0.737. The molecular formula is C18H12Br2O4. The molecule has 0 unspecified atom stereocenters. The van der Waals surface area contributed by atoms with Crippen molar-refractivity contribution in [1.29, 1.82) is 0 Å². The third kappa shape index (κ3) is 3.16. The van der Waals surface area contributed by atoms with Crippen LogP contribution in [0.15, 0.2) is 54.6 Å². The minimum Gasteiger partial charge on any atom is -0.422 e. The molecule has 3 aromatic rings. The molecule has 0 saturated heterocycles. The highest BCUT2D eigenvalue weighted by Gasteiger charge is 2.19. The molecule has 24 heavy (non-hydrogen) atoms. The number of carbonyl (C=O) groups is 1. The van der Waals surface area contributed by atoms with Crippen LogP contribution in [0.1, 0.15) is 21.5 Å². The van der Waals surface area contributed by atoms with E-state index in [4.69, 9.17) is 9.15 Å². The number of aryl methyl sites for hydroxylation is 2. The zero-order chi connectivity index (χ0) is 17.4. The largest absolute Gasteiger partial charge is 0.422 e. The quantitative estimate of drug-likeness (QED) is 0.307. The summed E-state index contributed by atoms with van der Waals surface area (Å²) in [6.07, 6.45) is 0. The normalized spacial score (nSPS) is 10.8. The molecule has 0 aliphatic carbocycles. The zero-order valence-corrected chi connectivity index (χ0v) is 16.0. The summed E-state index contributed by atoms with van der Waals surface area (Å²) in [7, 11) is 0. The molecule has 3 rings (SSSR count). The Morgan fingerprint density at radius 1 is 1.08 bits per heavy atom. The van der Waals surface area contributed by atoms with Crippen molar-refractivity contribution in [3.63, 3.8) is 0 Å². The summed E-state index contributed by atoms with van der Waals surface area (Å²) in [4.78, 5) is 24.6. The first-order valence-corrected chi connectivity index (χ1v) is 8.66. The number of ether oxygens (including phenoxy) is 1. The molecule has 0 amide bonds. The maximum Gasteiger partial charge on any atom is 0.351 e. The van der Waals surface area contributed by atoms with Gasteiger partial charge in [0.05, 0.1) is 4.47 Å². The van der Waals surface area contributed by atoms with E-state index in [0.717, 1.165) is 15.6 Å². The number of rotatable bonds is 2. The Labute approximate surface area is 154 Å². The first-order chi connectivity index (χ1) is 11.4. The number of carbonyl (C=O) groups excluding carboxylic acids is 1. The van der Waals surface area contributed by atoms with Crippen LogP contribution in [0.25, 0.3) is 11.0 Å². The Bertz CT molecular complexity index is 1000. The minimum absolute atomic E-state index is 0.143. The fourth-order valence-electron chi connectivity index (χ4n) is 2.41. The molecule has 6 heteroatoms. The fourth-order valence-corrected chi connectivity index (χ4v) is 3.75. The Kier molecular flexibility index (Phi) is 4.60. The maximum absolute atomic E-state index is 12.4. The smallest absolute Gasteiger partial charge is 0.351 e. The van der Waals surface area contributed by atoms with Gasteiger partial charge in [0, 0.05) is 9.86 Å². The molecule has 122 valence electrons. The monoisotopic (exact) mass is 450 g/mol. The van der Waals surface area contributed by atoms with Crippen molar-refractivity contribution in [3.8, 4) is 5.75 Å². The first kappa shape index (κ1) is 16.9. The van der Waals surface area contributed by atoms with Crippen molar-refractivity contribution in [3.05, 3.63) is 72.5 Å². The molecule has 0 radical (unpaired) electrons. The summed E-state index contributed by atoms with van der Waals surface area (Å²) in [6, 6.07) is 10.6. The number of fused-ring (bicyclic) bond motifs is 1. The van der Waals surface area contributed by atoms with E-state index in [-0.39, 0.29) is 5.56 Å². The number of esters is 1. The Morgan fingerprint density at radius 2 is 1.75 bits per heavy atom. The van der Waals surface area contributed by atoms with E-state index in [2.05, 4.69) is 31.9 Å². The SMILES string of the molecule is Cc1cccc(C)c1OC(=O)c1cc2cc(Br)cc(Br)c2oc1=O. The summed E-state index contributed by atoms with van der Waals surface area (Å²) < 4.78 is 12.1. The van der Waals surface area contributed by atoms with Crippen molar-refractivity contribution >= 4 is 48.8 Å². The van der Waals surface area contributed by atoms with Crippen LogP contribution in [0.2, 0.25) is 0 Å². The van der Waals surface area contributed by atoms with Gasteiger partial charge in [-0.25, -0.2) is 9.59 Å². The van der Waals surface area contributed by atoms with Crippen LogP contribution >= 0.6 is 31.9 Å². The summed E-state index contributed by atoms with van der Waals surface area (Å²) in [5.74, 6) is -0.281. The molecule has 0 saturated carbocycles. The van der Waals surface area contributed by atoms with E-state index >= 15 is 0 Å². The second-order valence-electron chi connectivity index (χ2n) is 5.36. The van der Waals surface area contributed by atoms with Gasteiger partial charge in [-0.15, -0.1) is 0 Å². The molecule has 0 N–H and O–H groups in total. The maximum atomic E-state index is 12.4. The molecule has 2 aromatic carbocycles. The highest BCUT2D eigenvalue weighted by Crippen LogP contribution is 2.28. The van der Waals surface area contributed by atoms with Gasteiger partial charge in [-0.05, 0) is 59.1 Å². The van der Waals surface area contributed by atoms with Gasteiger partial charge in [0.25, 0.3) is 0 Å². The number of hydrogen-bond donors (Lipinski definition) is 0. The van der Waals surface area contributed by atoms with Crippen LogP contribution in [-0.2, 0) is 0 Å². The van der Waals surface area contributed by atoms with Gasteiger partial charge in [-0.1, -0.05) is 34.1 Å². The predicted molar refractivity (Wildman–Crippen MR) is 98.8 cm³/mol. The predicted octanol–water partition coefficient (Wildman–Crippen LogP) is 5.15. The van der Waals surface area contributed by atoms with Gasteiger partial charge >= 0.3 is 11.6 Å². The third-order valence-corrected chi connectivity index (χ3v) is 4.62. The highest BCUT2D eigenvalue weighted by atomic mass is 79.9. The second-order valence-corrected chi connectivity index (χ2v) is 7.13. The highest BCUT2D eigenvalue weighted by molar-refractivity contribution is 9.11. The van der Waals surface area contributed by atoms with E-state index in [1.54, 1.807) is 12.1 Å². The van der Waals surface area contributed by atoms with E-state index in [9.17, 15) is 9.59 Å². The van der Waals surface area contributed by atoms with Crippen molar-refractivity contribution in [2.45, 2.75) is 13.8 Å². The average molecular weight is 452 g/mol. The lowest BCUT2D eigenvalue weighted by molar-refractivity contribution is 0.0728. The average Bonchev–Trinajstić information content (AvgIpc) is 2.51. The van der Waals surface area contributed by atoms with Crippen molar-refractivity contribution in [1.82, 2.24) is 0 Å². The van der Waals surface area contributed by atoms with E-state index < -0.39 is 11.6 Å². The zero-order valence-electron chi connectivity index (χ0n) is 12.9. The van der Waals surface area contributed by atoms with Crippen molar-refractivity contribution < 1.29 is 13.9 Å². The van der Waals surface area contributed by atoms with Gasteiger partial charge in [-0.3, -0.25) is 0 Å². The molecule has 0 spiro atoms. The topological polar surface area (TPSA) is 56.5 Å². The van der Waals surface area contributed by atoms with Crippen LogP contribution in [0.5, 0.6) is 5.75 Å². The van der Waals surface area contributed by atoms with Crippen LogP contribution in [0.4, 0.5) is 0 Å². The molecule has 0 atom stereocenters. The molecular weight excluding hydrogens is 440 g/mol. The summed E-state index contributed by atoms with van der Waals surface area (Å²) in [5, 5.41) is 0.615. The van der Waals surface area contributed by atoms with E-state index in [1.807, 2.05) is 32.0 Å². The van der Waals surface area contributed by atoms with Crippen LogP contribution < -0.4 is 10.4 Å². The lowest BCUT2D eigenvalue weighted by Gasteiger charge is -2.10. The van der Waals surface area contributed by atoms with Gasteiger partial charge in [0.15, 0.2) is 5.58 Å². The fraction of sp³-hybridized carbons (Fsp3) is 0.111. The first-order valence-electron chi connectivity index (χ1n) is 7.08. The van der Waals surface area contributed by atoms with Gasteiger partial charge in [0.1, 0.15) is 11.3 Å². The third-order valence-electron chi connectivity index (χ3n) is 3.58. The molecule has 4 nitrogen and oxygen atoms in total. The van der Waals surface area contributed by atoms with E-state index in [1.165, 1.54) is 6.07 Å². The summed E-state index contributed by atoms with van der Waals surface area (Å²) in [5.41, 5.74) is 1.14. The van der Waals surface area contributed by atoms with Gasteiger partial charge in [-0.2, -0.15) is 0 Å². The van der Waals surface area contributed by atoms with Gasteiger partial charge < -0.3 is 9.15 Å². The van der Waals surface area contributed by atoms with Gasteiger partial charge in [0.2, 0.25) is 0 Å². The van der Waals surface area contributed by atoms with Crippen molar-refractivity contribution in [2.24, 2.45) is 0 Å². The Morgan fingerprint density at radius 3 is 2.42 bits per heavy atom. The Balaban J connectivity index is 2.07. The molecule has 0 fully saturated rings. The number of para-hydroxylation sites is 1. The lowest BCUT2D eigenvalue weighted by atomic mass is 10.1. The second kappa shape index (κ2) is 6.53. The number of benzene rings is 2. The molecule has 0 aliphatic heterocycles. The van der Waals surface area contributed by atoms with Crippen LogP contribution in [0.3, 0.4) is 0 Å². The summed E-state index contributed by atoms with van der Waals surface area (Å²) >= 11 is 6.71.